The van der Waals surface area contributed by atoms with Crippen LogP contribution in [-0.4, -0.2) is 167 Å². The minimum Gasteiger partial charge on any atom is -0.464 e. The number of unbranched alkanes of at least 4 members (excludes halogenated alkanes) is 20. The van der Waals surface area contributed by atoms with Gasteiger partial charge in [0.05, 0.1) is 24.4 Å². The highest BCUT2D eigenvalue weighted by molar-refractivity contribution is 8.76. The monoisotopic (exact) mass is 1230 g/mol. The largest absolute Gasteiger partial charge is 0.464 e. The van der Waals surface area contributed by atoms with Crippen LogP contribution in [0.15, 0.2) is 72.9 Å². The number of hydrogen-bond donors (Lipinski definition) is 4. The number of esters is 1. The molecule has 0 bridgehead atoms. The van der Waals surface area contributed by atoms with Crippen LogP contribution < -0.4 is 0 Å². The van der Waals surface area contributed by atoms with Crippen molar-refractivity contribution in [2.75, 3.05) is 96.6 Å². The summed E-state index contributed by atoms with van der Waals surface area (Å²) < 4.78 is 5.73. The molecule has 4 N–H and O–H groups in total. The number of carbonyl (C=O) groups excluding carboxylic acids is 1. The van der Waals surface area contributed by atoms with Gasteiger partial charge in [-0.25, -0.2) is 0 Å². The van der Waals surface area contributed by atoms with Gasteiger partial charge in [0.1, 0.15) is 6.61 Å². The SMILES string of the molecule is CC/C=C\C/C=C\C/C=C\CCCCCC[C@@H](O)CN(CCCCC(=O)OCCN1CCN(CCSSCCCCN(CC(O)CCCCCCCC)CC(O)CCCCCCCC)CC1)C[C@H](O)CCCCCC/C=C\C/C=C\C/C=C\CC. The molecule has 4 atom stereocenters. The number of aliphatic hydroxyl groups is 4. The van der Waals surface area contributed by atoms with Gasteiger partial charge < -0.3 is 25.2 Å². The Hall–Kier alpha value is -1.71. The zero-order valence-corrected chi connectivity index (χ0v) is 57.4. The molecule has 1 rings (SSSR count). The summed E-state index contributed by atoms with van der Waals surface area (Å²) in [5.41, 5.74) is 0. The highest BCUT2D eigenvalue weighted by Crippen LogP contribution is 2.23. The first kappa shape index (κ1) is 81.3. The number of rotatable bonds is 63. The average molecular weight is 1230 g/mol. The van der Waals surface area contributed by atoms with E-state index in [1.807, 2.05) is 21.6 Å². The fourth-order valence-electron chi connectivity index (χ4n) is 11.0. The van der Waals surface area contributed by atoms with Crippen molar-refractivity contribution in [3.05, 3.63) is 72.9 Å². The first-order valence-corrected chi connectivity index (χ1v) is 38.1. The van der Waals surface area contributed by atoms with E-state index in [4.69, 9.17) is 4.74 Å². The number of allylic oxidation sites excluding steroid dienone is 12. The van der Waals surface area contributed by atoms with Gasteiger partial charge in [0.15, 0.2) is 0 Å². The Balaban J connectivity index is 2.39. The van der Waals surface area contributed by atoms with Crippen LogP contribution in [0.2, 0.25) is 0 Å². The third-order valence-electron chi connectivity index (χ3n) is 16.3. The van der Waals surface area contributed by atoms with Crippen LogP contribution in [0.3, 0.4) is 0 Å². The van der Waals surface area contributed by atoms with Gasteiger partial charge in [-0.05, 0) is 129 Å². The molecule has 1 aliphatic heterocycles. The Morgan fingerprint density at radius 3 is 1.19 bits per heavy atom. The zero-order valence-electron chi connectivity index (χ0n) is 55.7. The van der Waals surface area contributed by atoms with Crippen LogP contribution in [-0.2, 0) is 9.53 Å². The first-order chi connectivity index (χ1) is 41.7. The van der Waals surface area contributed by atoms with Crippen molar-refractivity contribution in [2.24, 2.45) is 0 Å². The summed E-state index contributed by atoms with van der Waals surface area (Å²) in [7, 11) is 3.97. The van der Waals surface area contributed by atoms with E-state index in [9.17, 15) is 25.2 Å². The van der Waals surface area contributed by atoms with Gasteiger partial charge in [0, 0.05) is 83.4 Å². The van der Waals surface area contributed by atoms with Gasteiger partial charge in [-0.3, -0.25) is 24.4 Å². The van der Waals surface area contributed by atoms with Crippen molar-refractivity contribution in [3.8, 4) is 0 Å². The molecular formula is C73H136N4O6S2. The van der Waals surface area contributed by atoms with E-state index < -0.39 is 12.2 Å². The minimum absolute atomic E-state index is 0.127. The van der Waals surface area contributed by atoms with Gasteiger partial charge >= 0.3 is 5.97 Å². The third-order valence-corrected chi connectivity index (χ3v) is 18.8. The lowest BCUT2D eigenvalue weighted by atomic mass is 10.1. The molecule has 0 aromatic rings. The molecule has 0 amide bonds. The molecule has 0 saturated carbocycles. The van der Waals surface area contributed by atoms with Crippen LogP contribution in [0.4, 0.5) is 0 Å². The second kappa shape index (κ2) is 63.8. The second-order valence-corrected chi connectivity index (χ2v) is 27.2. The van der Waals surface area contributed by atoms with E-state index in [0.717, 1.165) is 205 Å². The van der Waals surface area contributed by atoms with Gasteiger partial charge in [-0.2, -0.15) is 0 Å². The van der Waals surface area contributed by atoms with E-state index in [2.05, 4.69) is 120 Å². The van der Waals surface area contributed by atoms with Gasteiger partial charge in [-0.15, -0.1) is 0 Å². The topological polar surface area (TPSA) is 120 Å². The summed E-state index contributed by atoms with van der Waals surface area (Å²) in [6, 6.07) is 0. The van der Waals surface area contributed by atoms with Gasteiger partial charge in [0.2, 0.25) is 0 Å². The van der Waals surface area contributed by atoms with Crippen molar-refractivity contribution in [1.29, 1.82) is 0 Å². The molecule has 1 aliphatic rings. The Bertz CT molecular complexity index is 1520. The van der Waals surface area contributed by atoms with Crippen molar-refractivity contribution < 1.29 is 30.0 Å². The number of aliphatic hydroxyl groups excluding tert-OH is 4. The molecule has 0 radical (unpaired) electrons. The quantitative estimate of drug-likeness (QED) is 0.0201. The summed E-state index contributed by atoms with van der Waals surface area (Å²) >= 11 is 0. The number of hydrogen-bond acceptors (Lipinski definition) is 12. The normalized spacial score (nSPS) is 15.5. The van der Waals surface area contributed by atoms with E-state index in [0.29, 0.717) is 39.2 Å². The lowest BCUT2D eigenvalue weighted by Gasteiger charge is -2.34. The van der Waals surface area contributed by atoms with Gasteiger partial charge in [-0.1, -0.05) is 238 Å². The standard InChI is InChI=1S/C73H136N4O6S2/c1-5-9-13-17-21-23-25-27-29-31-33-35-39-43-51-69(78)65-76(66-70(79)52-44-40-36-34-32-30-28-26-24-22-18-14-10-6-2)54-46-45-53-73(82)83-62-60-74-56-58-75(59-57-74)61-64-85-84-63-48-47-55-77(67-71(80)49-41-37-19-15-11-7-3)68-72(81)50-42-38-20-16-12-8-4/h9-10,13-14,21-24,27-30,69-72,78-81H,5-8,11-12,15-20,25-26,31-68H2,1-4H3/b13-9-,14-10-,23-21-,24-22-,29-27-,30-28-/t69-,70-,71?,72?/m1/s1. The summed E-state index contributed by atoms with van der Waals surface area (Å²) in [5, 5.41) is 44.1. The number of nitrogens with zero attached hydrogens (tertiary/aromatic N) is 4. The van der Waals surface area contributed by atoms with Crippen molar-refractivity contribution in [1.82, 2.24) is 19.6 Å². The van der Waals surface area contributed by atoms with E-state index in [1.165, 1.54) is 89.9 Å². The molecule has 10 nitrogen and oxygen atoms in total. The molecular weight excluding hydrogens is 1090 g/mol. The minimum atomic E-state index is -0.418. The molecule has 12 heteroatoms. The maximum absolute atomic E-state index is 12.8. The molecule has 1 saturated heterocycles. The predicted octanol–water partition coefficient (Wildman–Crippen LogP) is 17.4. The first-order valence-electron chi connectivity index (χ1n) is 35.6. The Kier molecular flexibility index (Phi) is 61.1. The van der Waals surface area contributed by atoms with Crippen LogP contribution in [0.1, 0.15) is 265 Å². The average Bonchev–Trinajstić information content (AvgIpc) is 3.55. The highest BCUT2D eigenvalue weighted by Gasteiger charge is 2.20. The second-order valence-electron chi connectivity index (χ2n) is 24.5. The summed E-state index contributed by atoms with van der Waals surface area (Å²) in [5.74, 6) is 2.12. The number of piperazine rings is 1. The molecule has 0 aliphatic carbocycles. The van der Waals surface area contributed by atoms with Crippen LogP contribution >= 0.6 is 21.6 Å². The smallest absolute Gasteiger partial charge is 0.305 e. The van der Waals surface area contributed by atoms with Gasteiger partial charge in [0.25, 0.3) is 0 Å². The maximum Gasteiger partial charge on any atom is 0.305 e. The number of carbonyl (C=O) groups is 1. The fourth-order valence-corrected chi connectivity index (χ4v) is 13.2. The molecule has 0 aromatic carbocycles. The summed E-state index contributed by atoms with van der Waals surface area (Å²) in [6.07, 6.45) is 65.4. The predicted molar refractivity (Wildman–Crippen MR) is 374 cm³/mol. The van der Waals surface area contributed by atoms with Crippen molar-refractivity contribution in [2.45, 2.75) is 290 Å². The lowest BCUT2D eigenvalue weighted by molar-refractivity contribution is -0.144. The third kappa shape index (κ3) is 57.2. The fraction of sp³-hybridized carbons (Fsp3) is 0.822. The molecule has 496 valence electrons. The Morgan fingerprint density at radius 1 is 0.412 bits per heavy atom. The molecule has 1 fully saturated rings. The molecule has 1 heterocycles. The van der Waals surface area contributed by atoms with E-state index >= 15 is 0 Å². The molecule has 2 unspecified atom stereocenters. The van der Waals surface area contributed by atoms with Crippen LogP contribution in [0.5, 0.6) is 0 Å². The van der Waals surface area contributed by atoms with Crippen LogP contribution in [0.25, 0.3) is 0 Å². The summed E-state index contributed by atoms with van der Waals surface area (Å²) in [4.78, 5) is 22.4. The molecule has 0 spiro atoms. The van der Waals surface area contributed by atoms with E-state index in [-0.39, 0.29) is 18.2 Å². The molecule has 85 heavy (non-hydrogen) atoms. The Morgan fingerprint density at radius 2 is 0.765 bits per heavy atom. The van der Waals surface area contributed by atoms with Crippen LogP contribution in [0, 0.1) is 0 Å². The Labute approximate surface area is 533 Å². The zero-order chi connectivity index (χ0) is 61.6. The summed E-state index contributed by atoms with van der Waals surface area (Å²) in [6.45, 7) is 19.4. The maximum atomic E-state index is 12.8. The van der Waals surface area contributed by atoms with Crippen molar-refractivity contribution >= 4 is 27.6 Å². The van der Waals surface area contributed by atoms with E-state index in [1.54, 1.807) is 0 Å². The lowest BCUT2D eigenvalue weighted by Crippen LogP contribution is -2.47. The number of ether oxygens (including phenoxy) is 1. The highest BCUT2D eigenvalue weighted by atomic mass is 33.1. The molecule has 0 aromatic heterocycles. The van der Waals surface area contributed by atoms with Crippen molar-refractivity contribution in [3.63, 3.8) is 0 Å².